The van der Waals surface area contributed by atoms with Gasteiger partial charge in [0.15, 0.2) is 0 Å². The lowest BCUT2D eigenvalue weighted by Gasteiger charge is -2.14. The van der Waals surface area contributed by atoms with E-state index < -0.39 is 17.2 Å². The van der Waals surface area contributed by atoms with Gasteiger partial charge in [-0.2, -0.15) is 0 Å². The van der Waals surface area contributed by atoms with Crippen LogP contribution < -0.4 is 10.7 Å². The lowest BCUT2D eigenvalue weighted by Crippen LogP contribution is -2.24. The maximum Gasteiger partial charge on any atom is 0.261 e. The fourth-order valence-electron chi connectivity index (χ4n) is 3.01. The van der Waals surface area contributed by atoms with Crippen LogP contribution in [0.3, 0.4) is 0 Å². The normalized spacial score (nSPS) is 10.9. The molecule has 1 heterocycles. The predicted molar refractivity (Wildman–Crippen MR) is 97.7 cm³/mol. The average molecular weight is 338 g/mol. The van der Waals surface area contributed by atoms with Gasteiger partial charge in [-0.1, -0.05) is 25.1 Å². The standard InChI is InChI=1S/C20H19FN2O2/c1-4-13-7-5-6-12(2)18(13)22-20(25)16-11-23(3)17-9-8-14(21)10-15(17)19(16)24/h5-11H,4H2,1-3H3,(H,22,25). The Morgan fingerprint density at radius 1 is 1.24 bits per heavy atom. The zero-order valence-electron chi connectivity index (χ0n) is 14.4. The highest BCUT2D eigenvalue weighted by molar-refractivity contribution is 6.06. The molecule has 3 aromatic rings. The number of fused-ring (bicyclic) bond motifs is 1. The quantitative estimate of drug-likeness (QED) is 0.790. The van der Waals surface area contributed by atoms with E-state index in [4.69, 9.17) is 0 Å². The van der Waals surface area contributed by atoms with Crippen molar-refractivity contribution in [2.45, 2.75) is 20.3 Å². The van der Waals surface area contributed by atoms with Gasteiger partial charge in [0.25, 0.3) is 5.91 Å². The lowest BCUT2D eigenvalue weighted by atomic mass is 10.0. The lowest BCUT2D eigenvalue weighted by molar-refractivity contribution is 0.102. The summed E-state index contributed by atoms with van der Waals surface area (Å²) in [4.78, 5) is 25.4. The second-order valence-electron chi connectivity index (χ2n) is 6.06. The highest BCUT2D eigenvalue weighted by Crippen LogP contribution is 2.22. The zero-order valence-corrected chi connectivity index (χ0v) is 14.4. The van der Waals surface area contributed by atoms with Gasteiger partial charge in [0, 0.05) is 24.3 Å². The number of carbonyl (C=O) groups is 1. The molecule has 0 radical (unpaired) electrons. The number of anilines is 1. The number of halogens is 1. The Bertz CT molecular complexity index is 1040. The SMILES string of the molecule is CCc1cccc(C)c1NC(=O)c1cn(C)c2ccc(F)cc2c1=O. The first-order valence-electron chi connectivity index (χ1n) is 8.11. The fourth-order valence-corrected chi connectivity index (χ4v) is 3.01. The molecule has 0 aliphatic rings. The van der Waals surface area contributed by atoms with Crippen molar-refractivity contribution in [3.05, 3.63) is 75.3 Å². The van der Waals surface area contributed by atoms with Crippen LogP contribution in [-0.2, 0) is 13.5 Å². The van der Waals surface area contributed by atoms with Gasteiger partial charge in [-0.15, -0.1) is 0 Å². The first-order valence-corrected chi connectivity index (χ1v) is 8.11. The van der Waals surface area contributed by atoms with Crippen molar-refractivity contribution in [3.8, 4) is 0 Å². The maximum absolute atomic E-state index is 13.5. The molecule has 2 aromatic carbocycles. The van der Waals surface area contributed by atoms with Gasteiger partial charge < -0.3 is 9.88 Å². The Morgan fingerprint density at radius 3 is 2.72 bits per heavy atom. The van der Waals surface area contributed by atoms with Crippen LogP contribution in [0.25, 0.3) is 10.9 Å². The van der Waals surface area contributed by atoms with Crippen LogP contribution >= 0.6 is 0 Å². The van der Waals surface area contributed by atoms with E-state index in [-0.39, 0.29) is 10.9 Å². The number of para-hydroxylation sites is 1. The third kappa shape index (κ3) is 3.05. The third-order valence-electron chi connectivity index (χ3n) is 4.37. The number of pyridine rings is 1. The highest BCUT2D eigenvalue weighted by atomic mass is 19.1. The van der Waals surface area contributed by atoms with E-state index in [1.165, 1.54) is 24.4 Å². The maximum atomic E-state index is 13.5. The molecule has 128 valence electrons. The highest BCUT2D eigenvalue weighted by Gasteiger charge is 2.17. The molecule has 0 atom stereocenters. The summed E-state index contributed by atoms with van der Waals surface area (Å²) in [5, 5.41) is 3.04. The Labute approximate surface area is 144 Å². The van der Waals surface area contributed by atoms with Crippen LogP contribution in [0.1, 0.15) is 28.4 Å². The minimum absolute atomic E-state index is 0.00842. The second-order valence-corrected chi connectivity index (χ2v) is 6.06. The van der Waals surface area contributed by atoms with E-state index in [2.05, 4.69) is 5.32 Å². The molecular formula is C20H19FN2O2. The monoisotopic (exact) mass is 338 g/mol. The molecule has 3 rings (SSSR count). The molecule has 0 unspecified atom stereocenters. The molecule has 25 heavy (non-hydrogen) atoms. The zero-order chi connectivity index (χ0) is 18.1. The van der Waals surface area contributed by atoms with E-state index in [0.717, 1.165) is 23.2 Å². The number of amides is 1. The van der Waals surface area contributed by atoms with Crippen molar-refractivity contribution in [1.29, 1.82) is 0 Å². The molecule has 0 saturated heterocycles. The summed E-state index contributed by atoms with van der Waals surface area (Å²) in [5.41, 5.74) is 2.74. The van der Waals surface area contributed by atoms with Gasteiger partial charge in [0.2, 0.25) is 5.43 Å². The van der Waals surface area contributed by atoms with Gasteiger partial charge in [0.1, 0.15) is 11.4 Å². The third-order valence-corrected chi connectivity index (χ3v) is 4.37. The molecule has 1 amide bonds. The Hall–Kier alpha value is -2.95. The van der Waals surface area contributed by atoms with Crippen LogP contribution in [0.4, 0.5) is 10.1 Å². The molecule has 0 aliphatic carbocycles. The van der Waals surface area contributed by atoms with E-state index >= 15 is 0 Å². The van der Waals surface area contributed by atoms with Crippen molar-refractivity contribution in [3.63, 3.8) is 0 Å². The van der Waals surface area contributed by atoms with E-state index in [0.29, 0.717) is 5.52 Å². The minimum atomic E-state index is -0.505. The molecule has 0 fully saturated rings. The summed E-state index contributed by atoms with van der Waals surface area (Å²) >= 11 is 0. The van der Waals surface area contributed by atoms with Gasteiger partial charge in [0.05, 0.1) is 5.52 Å². The molecule has 4 nitrogen and oxygen atoms in total. The molecular weight excluding hydrogens is 319 g/mol. The Balaban J connectivity index is 2.10. The average Bonchev–Trinajstić information content (AvgIpc) is 2.59. The molecule has 0 spiro atoms. The van der Waals surface area contributed by atoms with Crippen LogP contribution in [0, 0.1) is 12.7 Å². The van der Waals surface area contributed by atoms with Crippen molar-refractivity contribution in [2.75, 3.05) is 5.32 Å². The number of carbonyl (C=O) groups excluding carboxylic acids is 1. The molecule has 5 heteroatoms. The van der Waals surface area contributed by atoms with Crippen LogP contribution in [0.5, 0.6) is 0 Å². The predicted octanol–water partition coefficient (Wildman–Crippen LogP) is 3.80. The summed E-state index contributed by atoms with van der Waals surface area (Å²) in [5.74, 6) is -0.995. The van der Waals surface area contributed by atoms with Crippen LogP contribution in [0.2, 0.25) is 0 Å². The summed E-state index contributed by atoms with van der Waals surface area (Å²) in [6.07, 6.45) is 2.25. The van der Waals surface area contributed by atoms with Crippen molar-refractivity contribution in [1.82, 2.24) is 4.57 Å². The summed E-state index contributed by atoms with van der Waals surface area (Å²) in [6.45, 7) is 3.91. The summed E-state index contributed by atoms with van der Waals surface area (Å²) in [7, 11) is 1.72. The van der Waals surface area contributed by atoms with Crippen LogP contribution in [0.15, 0.2) is 47.4 Å². The van der Waals surface area contributed by atoms with Gasteiger partial charge in [-0.25, -0.2) is 4.39 Å². The Kier molecular flexibility index (Phi) is 4.40. The second kappa shape index (κ2) is 6.51. The van der Waals surface area contributed by atoms with E-state index in [9.17, 15) is 14.0 Å². The molecule has 0 aliphatic heterocycles. The fraction of sp³-hybridized carbons (Fsp3) is 0.200. The number of aryl methyl sites for hydroxylation is 3. The number of hydrogen-bond acceptors (Lipinski definition) is 2. The number of hydrogen-bond donors (Lipinski definition) is 1. The largest absolute Gasteiger partial charge is 0.350 e. The number of benzene rings is 2. The van der Waals surface area contributed by atoms with Crippen LogP contribution in [-0.4, -0.2) is 10.5 Å². The smallest absolute Gasteiger partial charge is 0.261 e. The molecule has 0 bridgehead atoms. The first-order chi connectivity index (χ1) is 11.9. The van der Waals surface area contributed by atoms with Gasteiger partial charge in [-0.3, -0.25) is 9.59 Å². The molecule has 0 saturated carbocycles. The van der Waals surface area contributed by atoms with E-state index in [1.54, 1.807) is 11.6 Å². The summed E-state index contributed by atoms with van der Waals surface area (Å²) in [6, 6.07) is 9.77. The molecule has 1 aromatic heterocycles. The summed E-state index contributed by atoms with van der Waals surface area (Å²) < 4.78 is 15.2. The number of rotatable bonds is 3. The van der Waals surface area contributed by atoms with Crippen molar-refractivity contribution < 1.29 is 9.18 Å². The number of nitrogens with one attached hydrogen (secondary N) is 1. The van der Waals surface area contributed by atoms with Gasteiger partial charge in [-0.05, 0) is 42.7 Å². The number of aromatic nitrogens is 1. The van der Waals surface area contributed by atoms with E-state index in [1.807, 2.05) is 32.0 Å². The van der Waals surface area contributed by atoms with Gasteiger partial charge >= 0.3 is 0 Å². The molecule has 1 N–H and O–H groups in total. The minimum Gasteiger partial charge on any atom is -0.350 e. The first kappa shape index (κ1) is 16.9. The topological polar surface area (TPSA) is 51.1 Å². The van der Waals surface area contributed by atoms with Crippen molar-refractivity contribution in [2.24, 2.45) is 7.05 Å². The Morgan fingerprint density at radius 2 is 2.00 bits per heavy atom. The van der Waals surface area contributed by atoms with Crippen molar-refractivity contribution >= 4 is 22.5 Å². The number of nitrogens with zero attached hydrogens (tertiary/aromatic N) is 1.